The molecule has 2 unspecified atom stereocenters. The molecular weight excluding hydrogens is 366 g/mol. The number of aliphatic hydroxyl groups excluding tert-OH is 1. The van der Waals surface area contributed by atoms with Crippen LogP contribution in [0, 0.1) is 0 Å². The molecule has 0 radical (unpaired) electrons. The second-order valence-electron chi connectivity index (χ2n) is 6.27. The van der Waals surface area contributed by atoms with E-state index in [1.807, 2.05) is 36.4 Å². The van der Waals surface area contributed by atoms with Gasteiger partial charge in [0.05, 0.1) is 7.11 Å². The first kappa shape index (κ1) is 17.6. The monoisotopic (exact) mass is 383 g/mol. The number of aliphatic hydroxyl groups is 1. The van der Waals surface area contributed by atoms with Gasteiger partial charge in [-0.25, -0.2) is 5.01 Å². The van der Waals surface area contributed by atoms with Gasteiger partial charge in [0.25, 0.3) is 5.91 Å². The molecule has 0 spiro atoms. The lowest BCUT2D eigenvalue weighted by atomic mass is 9.95. The summed E-state index contributed by atoms with van der Waals surface area (Å²) in [7, 11) is 1.58. The number of fused-ring (bicyclic) bond motifs is 1. The van der Waals surface area contributed by atoms with Crippen molar-refractivity contribution in [1.29, 1.82) is 0 Å². The molecule has 2 heterocycles. The van der Waals surface area contributed by atoms with Gasteiger partial charge in [-0.15, -0.1) is 11.6 Å². The summed E-state index contributed by atoms with van der Waals surface area (Å²) in [5.41, 5.74) is 2.89. The molecule has 1 aliphatic rings. The molecule has 2 aromatic carbocycles. The standard InChI is InChI=1S/C20H18ClN3O3/c1-27-13-8-6-12(7-9-13)19-20(26)18(23-24(19)17(25)10-21)15-11-22-16-5-3-2-4-14(15)16/h2-9,11,19-20,22,26H,10H2,1H3. The third-order valence-electron chi connectivity index (χ3n) is 4.75. The largest absolute Gasteiger partial charge is 0.497 e. The molecule has 1 aliphatic heterocycles. The summed E-state index contributed by atoms with van der Waals surface area (Å²) >= 11 is 5.78. The summed E-state index contributed by atoms with van der Waals surface area (Å²) in [6, 6.07) is 14.3. The van der Waals surface area contributed by atoms with Crippen LogP contribution in [0.2, 0.25) is 0 Å². The van der Waals surface area contributed by atoms with E-state index in [1.165, 1.54) is 5.01 Å². The second kappa shape index (κ2) is 7.06. The predicted molar refractivity (Wildman–Crippen MR) is 104 cm³/mol. The molecule has 0 saturated carbocycles. The lowest BCUT2D eigenvalue weighted by Gasteiger charge is -2.24. The number of aromatic nitrogens is 1. The van der Waals surface area contributed by atoms with Crippen molar-refractivity contribution in [2.75, 3.05) is 13.0 Å². The first-order valence-electron chi connectivity index (χ1n) is 8.49. The van der Waals surface area contributed by atoms with E-state index in [-0.39, 0.29) is 11.8 Å². The molecule has 27 heavy (non-hydrogen) atoms. The van der Waals surface area contributed by atoms with Crippen molar-refractivity contribution in [3.8, 4) is 5.75 Å². The van der Waals surface area contributed by atoms with Crippen molar-refractivity contribution >= 4 is 34.1 Å². The number of ether oxygens (including phenoxy) is 1. The number of hydrogen-bond acceptors (Lipinski definition) is 4. The van der Waals surface area contributed by atoms with Crippen LogP contribution in [0.15, 0.2) is 59.8 Å². The van der Waals surface area contributed by atoms with Crippen LogP contribution in [0.4, 0.5) is 0 Å². The Morgan fingerprint density at radius 2 is 2.00 bits per heavy atom. The lowest BCUT2D eigenvalue weighted by Crippen LogP contribution is -2.34. The molecule has 1 aromatic heterocycles. The Morgan fingerprint density at radius 1 is 1.26 bits per heavy atom. The van der Waals surface area contributed by atoms with Gasteiger partial charge in [0, 0.05) is 22.7 Å². The smallest absolute Gasteiger partial charge is 0.258 e. The third-order valence-corrected chi connectivity index (χ3v) is 4.98. The van der Waals surface area contributed by atoms with Crippen LogP contribution in [0.25, 0.3) is 10.9 Å². The first-order chi connectivity index (χ1) is 13.1. The van der Waals surface area contributed by atoms with Crippen LogP contribution >= 0.6 is 11.6 Å². The Morgan fingerprint density at radius 3 is 2.70 bits per heavy atom. The highest BCUT2D eigenvalue weighted by atomic mass is 35.5. The maximum absolute atomic E-state index is 12.4. The van der Waals surface area contributed by atoms with Crippen LogP contribution in [0.1, 0.15) is 17.2 Å². The van der Waals surface area contributed by atoms with E-state index >= 15 is 0 Å². The summed E-state index contributed by atoms with van der Waals surface area (Å²) < 4.78 is 5.19. The summed E-state index contributed by atoms with van der Waals surface area (Å²) in [6.07, 6.45) is 0.816. The molecule has 138 valence electrons. The minimum absolute atomic E-state index is 0.218. The Balaban J connectivity index is 1.78. The average Bonchev–Trinajstić information content (AvgIpc) is 3.28. The van der Waals surface area contributed by atoms with E-state index in [2.05, 4.69) is 10.1 Å². The normalized spacial score (nSPS) is 19.4. The molecule has 3 aromatic rings. The van der Waals surface area contributed by atoms with Gasteiger partial charge in [-0.3, -0.25) is 4.79 Å². The van der Waals surface area contributed by atoms with Crippen LogP contribution in [-0.2, 0) is 4.79 Å². The van der Waals surface area contributed by atoms with Crippen molar-refractivity contribution in [2.24, 2.45) is 5.10 Å². The number of para-hydroxylation sites is 1. The van der Waals surface area contributed by atoms with Crippen LogP contribution in [0.3, 0.4) is 0 Å². The Hall–Kier alpha value is -2.83. The molecule has 2 N–H and O–H groups in total. The molecular formula is C20H18ClN3O3. The molecule has 2 atom stereocenters. The summed E-state index contributed by atoms with van der Waals surface area (Å²) in [5.74, 6) is 0.106. The number of hydrazone groups is 1. The molecule has 7 heteroatoms. The number of nitrogens with one attached hydrogen (secondary N) is 1. The highest BCUT2D eigenvalue weighted by Crippen LogP contribution is 2.35. The fourth-order valence-electron chi connectivity index (χ4n) is 3.41. The minimum Gasteiger partial charge on any atom is -0.497 e. The van der Waals surface area contributed by atoms with Gasteiger partial charge in [-0.2, -0.15) is 5.10 Å². The molecule has 0 fully saturated rings. The van der Waals surface area contributed by atoms with Gasteiger partial charge in [0.15, 0.2) is 0 Å². The highest BCUT2D eigenvalue weighted by molar-refractivity contribution is 6.27. The number of carbonyl (C=O) groups is 1. The second-order valence-corrected chi connectivity index (χ2v) is 6.54. The van der Waals surface area contributed by atoms with Gasteiger partial charge in [-0.1, -0.05) is 30.3 Å². The summed E-state index contributed by atoms with van der Waals surface area (Å²) in [4.78, 5) is 15.6. The van der Waals surface area contributed by atoms with E-state index < -0.39 is 12.1 Å². The molecule has 6 nitrogen and oxygen atoms in total. The van der Waals surface area contributed by atoms with Crippen molar-refractivity contribution < 1.29 is 14.6 Å². The first-order valence-corrected chi connectivity index (χ1v) is 9.02. The fraction of sp³-hybridized carbons (Fsp3) is 0.200. The highest BCUT2D eigenvalue weighted by Gasteiger charge is 2.41. The summed E-state index contributed by atoms with van der Waals surface area (Å²) in [6.45, 7) is 0. The number of benzene rings is 2. The number of carbonyl (C=O) groups excluding carboxylic acids is 1. The maximum Gasteiger partial charge on any atom is 0.258 e. The number of rotatable bonds is 4. The molecule has 1 amide bonds. The predicted octanol–water partition coefficient (Wildman–Crippen LogP) is 3.06. The van der Waals surface area contributed by atoms with E-state index in [4.69, 9.17) is 16.3 Å². The molecule has 0 bridgehead atoms. The van der Waals surface area contributed by atoms with Crippen LogP contribution in [0.5, 0.6) is 5.75 Å². The van der Waals surface area contributed by atoms with Crippen molar-refractivity contribution in [3.63, 3.8) is 0 Å². The van der Waals surface area contributed by atoms with Crippen molar-refractivity contribution in [1.82, 2.24) is 9.99 Å². The maximum atomic E-state index is 12.4. The van der Waals surface area contributed by atoms with Crippen LogP contribution in [-0.4, -0.2) is 45.8 Å². The number of aromatic amines is 1. The summed E-state index contributed by atoms with van der Waals surface area (Å²) in [5, 5.41) is 17.7. The van der Waals surface area contributed by atoms with E-state index in [0.717, 1.165) is 22.0 Å². The molecule has 4 rings (SSSR count). The topological polar surface area (TPSA) is 77.9 Å². The Bertz CT molecular complexity index is 1010. The number of alkyl halides is 1. The molecule has 0 aliphatic carbocycles. The van der Waals surface area contributed by atoms with Crippen molar-refractivity contribution in [2.45, 2.75) is 12.1 Å². The lowest BCUT2D eigenvalue weighted by molar-refractivity contribution is -0.131. The average molecular weight is 384 g/mol. The van der Waals surface area contributed by atoms with Gasteiger partial charge >= 0.3 is 0 Å². The number of H-pyrrole nitrogens is 1. The zero-order chi connectivity index (χ0) is 19.0. The number of methoxy groups -OCH3 is 1. The van der Waals surface area contributed by atoms with Crippen LogP contribution < -0.4 is 4.74 Å². The number of hydrogen-bond donors (Lipinski definition) is 2. The number of nitrogens with zero attached hydrogens (tertiary/aromatic N) is 2. The van der Waals surface area contributed by atoms with Crippen molar-refractivity contribution in [3.05, 3.63) is 65.9 Å². The number of halogens is 1. The zero-order valence-electron chi connectivity index (χ0n) is 14.6. The van der Waals surface area contributed by atoms with E-state index in [9.17, 15) is 9.90 Å². The van der Waals surface area contributed by atoms with Gasteiger partial charge < -0.3 is 14.8 Å². The zero-order valence-corrected chi connectivity index (χ0v) is 15.3. The third kappa shape index (κ3) is 2.97. The van der Waals surface area contributed by atoms with Gasteiger partial charge in [-0.05, 0) is 23.8 Å². The van der Waals surface area contributed by atoms with E-state index in [1.54, 1.807) is 25.4 Å². The Kier molecular flexibility index (Phi) is 4.59. The van der Waals surface area contributed by atoms with Gasteiger partial charge in [0.1, 0.15) is 29.5 Å². The van der Waals surface area contributed by atoms with Gasteiger partial charge in [0.2, 0.25) is 0 Å². The van der Waals surface area contributed by atoms with E-state index in [0.29, 0.717) is 11.5 Å². The SMILES string of the molecule is COc1ccc(C2C(O)C(c3c[nH]c4ccccc34)=NN2C(=O)CCl)cc1. The fourth-order valence-corrected chi connectivity index (χ4v) is 3.54. The molecule has 0 saturated heterocycles. The number of amides is 1. The quantitative estimate of drug-likeness (QED) is 0.680. The Labute approximate surface area is 161 Å². The minimum atomic E-state index is -0.982.